The first-order chi connectivity index (χ1) is 13.1. The van der Waals surface area contributed by atoms with Gasteiger partial charge in [0.1, 0.15) is 5.75 Å². The van der Waals surface area contributed by atoms with Crippen LogP contribution in [0, 0.1) is 0 Å². The van der Waals surface area contributed by atoms with E-state index >= 15 is 0 Å². The Bertz CT molecular complexity index is 795. The van der Waals surface area contributed by atoms with Gasteiger partial charge in [0, 0.05) is 6.54 Å². The number of ether oxygens (including phenoxy) is 3. The van der Waals surface area contributed by atoms with E-state index in [1.165, 1.54) is 7.11 Å². The van der Waals surface area contributed by atoms with Crippen LogP contribution in [0.25, 0.3) is 0 Å². The third-order valence-corrected chi connectivity index (χ3v) is 3.97. The molecule has 0 aliphatic rings. The average molecular weight is 388 g/mol. The zero-order chi connectivity index (χ0) is 19.6. The number of carbonyl (C=O) groups is 1. The van der Waals surface area contributed by atoms with Gasteiger partial charge < -0.3 is 19.5 Å². The maximum absolute atomic E-state index is 12.3. The molecule has 7 heteroatoms. The largest absolute Gasteiger partial charge is 0.496 e. The highest BCUT2D eigenvalue weighted by molar-refractivity contribution is 7.80. The highest BCUT2D eigenvalue weighted by Crippen LogP contribution is 2.28. The molecule has 0 unspecified atom stereocenters. The van der Waals surface area contributed by atoms with E-state index in [1.54, 1.807) is 31.4 Å². The summed E-state index contributed by atoms with van der Waals surface area (Å²) in [7, 11) is 3.12. The molecule has 0 aliphatic heterocycles. The Balaban J connectivity index is 1.94. The van der Waals surface area contributed by atoms with Crippen LogP contribution in [0.15, 0.2) is 42.5 Å². The summed E-state index contributed by atoms with van der Waals surface area (Å²) in [5.74, 6) is 1.53. The van der Waals surface area contributed by atoms with Crippen LogP contribution in [0.1, 0.15) is 29.3 Å². The Morgan fingerprint density at radius 2 is 1.78 bits per heavy atom. The van der Waals surface area contributed by atoms with Gasteiger partial charge >= 0.3 is 0 Å². The molecule has 0 fully saturated rings. The molecule has 0 heterocycles. The molecule has 2 rings (SSSR count). The van der Waals surface area contributed by atoms with Crippen LogP contribution in [-0.4, -0.2) is 31.8 Å². The fraction of sp³-hybridized carbons (Fsp3) is 0.300. The van der Waals surface area contributed by atoms with Crippen molar-refractivity contribution < 1.29 is 19.0 Å². The number of hydrogen-bond donors (Lipinski definition) is 2. The van der Waals surface area contributed by atoms with Crippen LogP contribution < -0.4 is 24.8 Å². The van der Waals surface area contributed by atoms with E-state index in [2.05, 4.69) is 10.6 Å². The molecule has 2 aromatic rings. The highest BCUT2D eigenvalue weighted by atomic mass is 32.1. The van der Waals surface area contributed by atoms with Crippen molar-refractivity contribution in [1.29, 1.82) is 0 Å². The SMILES string of the molecule is CCCOc1ccc(CNC(=S)NC(=O)c2ccccc2OC)cc1OC. The lowest BCUT2D eigenvalue weighted by atomic mass is 10.2. The molecule has 1 amide bonds. The van der Waals surface area contributed by atoms with Gasteiger partial charge in [0.05, 0.1) is 26.4 Å². The van der Waals surface area contributed by atoms with Gasteiger partial charge in [0.25, 0.3) is 5.91 Å². The summed E-state index contributed by atoms with van der Waals surface area (Å²) in [6.45, 7) is 3.12. The number of carbonyl (C=O) groups excluding carboxylic acids is 1. The molecule has 144 valence electrons. The molecule has 0 spiro atoms. The summed E-state index contributed by atoms with van der Waals surface area (Å²) in [4.78, 5) is 12.3. The van der Waals surface area contributed by atoms with Crippen molar-refractivity contribution in [3.05, 3.63) is 53.6 Å². The van der Waals surface area contributed by atoms with Crippen molar-refractivity contribution in [2.75, 3.05) is 20.8 Å². The molecule has 0 bridgehead atoms. The highest BCUT2D eigenvalue weighted by Gasteiger charge is 2.13. The van der Waals surface area contributed by atoms with E-state index in [0.717, 1.165) is 12.0 Å². The van der Waals surface area contributed by atoms with Crippen LogP contribution >= 0.6 is 12.2 Å². The molecule has 0 aliphatic carbocycles. The van der Waals surface area contributed by atoms with Crippen molar-refractivity contribution in [2.45, 2.75) is 19.9 Å². The predicted octanol–water partition coefficient (Wildman–Crippen LogP) is 3.30. The van der Waals surface area contributed by atoms with Crippen LogP contribution in [0.4, 0.5) is 0 Å². The van der Waals surface area contributed by atoms with E-state index in [-0.39, 0.29) is 11.0 Å². The van der Waals surface area contributed by atoms with E-state index in [9.17, 15) is 4.79 Å². The van der Waals surface area contributed by atoms with E-state index in [0.29, 0.717) is 36.0 Å². The maximum Gasteiger partial charge on any atom is 0.261 e. The Morgan fingerprint density at radius 3 is 2.48 bits per heavy atom. The van der Waals surface area contributed by atoms with Gasteiger partial charge in [0.15, 0.2) is 16.6 Å². The van der Waals surface area contributed by atoms with E-state index < -0.39 is 0 Å². The number of para-hydroxylation sites is 1. The second kappa shape index (κ2) is 10.4. The first-order valence-corrected chi connectivity index (χ1v) is 9.01. The zero-order valence-corrected chi connectivity index (χ0v) is 16.5. The van der Waals surface area contributed by atoms with Gasteiger partial charge in [-0.3, -0.25) is 10.1 Å². The van der Waals surface area contributed by atoms with E-state index in [1.807, 2.05) is 25.1 Å². The third kappa shape index (κ3) is 5.86. The number of rotatable bonds is 8. The third-order valence-electron chi connectivity index (χ3n) is 3.72. The fourth-order valence-electron chi connectivity index (χ4n) is 2.38. The lowest BCUT2D eigenvalue weighted by Crippen LogP contribution is -2.39. The minimum atomic E-state index is -0.328. The summed E-state index contributed by atoms with van der Waals surface area (Å²) in [6, 6.07) is 12.6. The molecule has 0 atom stereocenters. The van der Waals surface area contributed by atoms with Gasteiger partial charge in [-0.15, -0.1) is 0 Å². The first-order valence-electron chi connectivity index (χ1n) is 8.61. The predicted molar refractivity (Wildman–Crippen MR) is 109 cm³/mol. The Kier molecular flexibility index (Phi) is 7.88. The average Bonchev–Trinajstić information content (AvgIpc) is 2.70. The quantitative estimate of drug-likeness (QED) is 0.677. The summed E-state index contributed by atoms with van der Waals surface area (Å²) < 4.78 is 16.2. The lowest BCUT2D eigenvalue weighted by molar-refractivity contribution is 0.0973. The summed E-state index contributed by atoms with van der Waals surface area (Å²) in [6.07, 6.45) is 0.923. The minimum Gasteiger partial charge on any atom is -0.496 e. The molecular formula is C20H24N2O4S. The lowest BCUT2D eigenvalue weighted by Gasteiger charge is -2.14. The first kappa shape index (κ1) is 20.5. The Morgan fingerprint density at radius 1 is 1.04 bits per heavy atom. The molecule has 0 aromatic heterocycles. The van der Waals surface area contributed by atoms with Crippen LogP contribution in [0.3, 0.4) is 0 Å². The van der Waals surface area contributed by atoms with Gasteiger partial charge in [-0.05, 0) is 48.5 Å². The zero-order valence-electron chi connectivity index (χ0n) is 15.7. The second-order valence-electron chi connectivity index (χ2n) is 5.67. The number of thiocarbonyl (C=S) groups is 1. The standard InChI is InChI=1S/C20H24N2O4S/c1-4-11-26-17-10-9-14(12-18(17)25-3)13-21-20(27)22-19(23)15-7-5-6-8-16(15)24-2/h5-10,12H,4,11,13H2,1-3H3,(H2,21,22,23,27). The van der Waals surface area contributed by atoms with Gasteiger partial charge in [-0.25, -0.2) is 0 Å². The van der Waals surface area contributed by atoms with Crippen molar-refractivity contribution in [1.82, 2.24) is 10.6 Å². The summed E-state index contributed by atoms with van der Waals surface area (Å²) in [5.41, 5.74) is 1.37. The molecular weight excluding hydrogens is 364 g/mol. The molecule has 6 nitrogen and oxygen atoms in total. The van der Waals surface area contributed by atoms with Gasteiger partial charge in [-0.2, -0.15) is 0 Å². The van der Waals surface area contributed by atoms with E-state index in [4.69, 9.17) is 26.4 Å². The van der Waals surface area contributed by atoms with Crippen molar-refractivity contribution in [3.63, 3.8) is 0 Å². The molecule has 0 radical (unpaired) electrons. The van der Waals surface area contributed by atoms with Crippen LogP contribution in [0.5, 0.6) is 17.2 Å². The van der Waals surface area contributed by atoms with Crippen LogP contribution in [-0.2, 0) is 6.54 Å². The van der Waals surface area contributed by atoms with Crippen molar-refractivity contribution in [3.8, 4) is 17.2 Å². The number of methoxy groups -OCH3 is 2. The van der Waals surface area contributed by atoms with Crippen molar-refractivity contribution in [2.24, 2.45) is 0 Å². The maximum atomic E-state index is 12.3. The number of amides is 1. The Labute approximate surface area is 164 Å². The van der Waals surface area contributed by atoms with Gasteiger partial charge in [0.2, 0.25) is 0 Å². The molecule has 0 saturated carbocycles. The molecule has 2 aromatic carbocycles. The number of benzene rings is 2. The Hall–Kier alpha value is -2.80. The van der Waals surface area contributed by atoms with Crippen molar-refractivity contribution >= 4 is 23.2 Å². The van der Waals surface area contributed by atoms with Gasteiger partial charge in [-0.1, -0.05) is 25.1 Å². The fourth-order valence-corrected chi connectivity index (χ4v) is 2.55. The topological polar surface area (TPSA) is 68.8 Å². The monoisotopic (exact) mass is 388 g/mol. The minimum absolute atomic E-state index is 0.233. The number of hydrogen-bond acceptors (Lipinski definition) is 5. The molecule has 2 N–H and O–H groups in total. The molecule has 0 saturated heterocycles. The normalized spacial score (nSPS) is 10.0. The number of nitrogens with one attached hydrogen (secondary N) is 2. The second-order valence-corrected chi connectivity index (χ2v) is 6.08. The molecule has 27 heavy (non-hydrogen) atoms. The smallest absolute Gasteiger partial charge is 0.261 e. The van der Waals surface area contributed by atoms with Crippen LogP contribution in [0.2, 0.25) is 0 Å². The summed E-state index contributed by atoms with van der Waals surface area (Å²) >= 11 is 5.21. The summed E-state index contributed by atoms with van der Waals surface area (Å²) in [5, 5.41) is 5.90.